The molecule has 0 saturated heterocycles. The fraction of sp³-hybridized carbons (Fsp3) is 0.455. The zero-order chi connectivity index (χ0) is 10.3. The Bertz CT molecular complexity index is 482. The Morgan fingerprint density at radius 2 is 2.07 bits per heavy atom. The minimum atomic E-state index is 0.546. The molecule has 0 unspecified atom stereocenters. The van der Waals surface area contributed by atoms with Crippen LogP contribution in [0.5, 0.6) is 0 Å². The van der Waals surface area contributed by atoms with Crippen LogP contribution in [0.4, 0.5) is 5.82 Å². The van der Waals surface area contributed by atoms with Crippen molar-refractivity contribution < 1.29 is 0 Å². The Kier molecular flexibility index (Phi) is 1.87. The number of fused-ring (bicyclic) bond motifs is 1. The van der Waals surface area contributed by atoms with Gasteiger partial charge in [0.2, 0.25) is 0 Å². The summed E-state index contributed by atoms with van der Waals surface area (Å²) in [5.74, 6) is 2.17. The van der Waals surface area contributed by atoms with Crippen LogP contribution in [0.15, 0.2) is 18.2 Å². The molecule has 2 aromatic rings. The van der Waals surface area contributed by atoms with Crippen molar-refractivity contribution in [2.75, 3.05) is 5.73 Å². The van der Waals surface area contributed by atoms with E-state index in [0.717, 1.165) is 11.5 Å². The van der Waals surface area contributed by atoms with E-state index in [1.54, 1.807) is 4.52 Å². The summed E-state index contributed by atoms with van der Waals surface area (Å²) in [5, 5.41) is 4.47. The first kappa shape index (κ1) is 8.71. The molecule has 0 spiro atoms. The Balaban J connectivity index is 2.09. The second-order valence-electron chi connectivity index (χ2n) is 4.17. The molecule has 2 heterocycles. The van der Waals surface area contributed by atoms with Crippen LogP contribution >= 0.6 is 0 Å². The molecular formula is C11H14N4. The Morgan fingerprint density at radius 3 is 2.80 bits per heavy atom. The molecule has 0 bridgehead atoms. The Labute approximate surface area is 88.1 Å². The summed E-state index contributed by atoms with van der Waals surface area (Å²) in [7, 11) is 0. The molecule has 1 saturated carbocycles. The SMILES string of the molecule is Nc1cccc2nc(C3CCCC3)nn12. The van der Waals surface area contributed by atoms with E-state index in [1.165, 1.54) is 25.7 Å². The number of hydrogen-bond acceptors (Lipinski definition) is 3. The van der Waals surface area contributed by atoms with Crippen molar-refractivity contribution in [1.82, 2.24) is 14.6 Å². The van der Waals surface area contributed by atoms with Crippen LogP contribution < -0.4 is 5.73 Å². The van der Waals surface area contributed by atoms with Crippen molar-refractivity contribution in [3.05, 3.63) is 24.0 Å². The third kappa shape index (κ3) is 1.37. The van der Waals surface area contributed by atoms with Crippen molar-refractivity contribution in [2.45, 2.75) is 31.6 Å². The second kappa shape index (κ2) is 3.22. The minimum absolute atomic E-state index is 0.546. The fourth-order valence-corrected chi connectivity index (χ4v) is 2.30. The molecule has 15 heavy (non-hydrogen) atoms. The van der Waals surface area contributed by atoms with Crippen LogP contribution in [-0.4, -0.2) is 14.6 Å². The van der Waals surface area contributed by atoms with Crippen LogP contribution in [-0.2, 0) is 0 Å². The standard InChI is InChI=1S/C11H14N4/c12-9-6-3-7-10-13-11(14-15(9)10)8-4-1-2-5-8/h3,6-8H,1-2,4-5,12H2. The van der Waals surface area contributed by atoms with E-state index in [2.05, 4.69) is 10.1 Å². The molecule has 0 atom stereocenters. The maximum atomic E-state index is 5.83. The van der Waals surface area contributed by atoms with Gasteiger partial charge >= 0.3 is 0 Å². The van der Waals surface area contributed by atoms with Gasteiger partial charge in [-0.1, -0.05) is 18.9 Å². The van der Waals surface area contributed by atoms with Gasteiger partial charge in [-0.25, -0.2) is 4.98 Å². The molecule has 2 N–H and O–H groups in total. The fourth-order valence-electron chi connectivity index (χ4n) is 2.30. The number of pyridine rings is 1. The van der Waals surface area contributed by atoms with Gasteiger partial charge in [0.15, 0.2) is 11.5 Å². The molecule has 0 amide bonds. The molecule has 3 rings (SSSR count). The first-order valence-electron chi connectivity index (χ1n) is 5.46. The predicted octanol–water partition coefficient (Wildman–Crippen LogP) is 1.97. The normalized spacial score (nSPS) is 17.6. The average molecular weight is 202 g/mol. The van der Waals surface area contributed by atoms with E-state index in [9.17, 15) is 0 Å². The third-order valence-electron chi connectivity index (χ3n) is 3.13. The van der Waals surface area contributed by atoms with Gasteiger partial charge in [0, 0.05) is 5.92 Å². The number of hydrogen-bond donors (Lipinski definition) is 1. The maximum absolute atomic E-state index is 5.83. The third-order valence-corrected chi connectivity index (χ3v) is 3.13. The molecule has 1 fully saturated rings. The highest BCUT2D eigenvalue weighted by Gasteiger charge is 2.21. The maximum Gasteiger partial charge on any atom is 0.157 e. The van der Waals surface area contributed by atoms with E-state index in [-0.39, 0.29) is 0 Å². The number of rotatable bonds is 1. The molecule has 0 radical (unpaired) electrons. The first-order chi connectivity index (χ1) is 7.34. The lowest BCUT2D eigenvalue weighted by Crippen LogP contribution is -1.99. The lowest BCUT2D eigenvalue weighted by atomic mass is 10.1. The van der Waals surface area contributed by atoms with Gasteiger partial charge in [0.05, 0.1) is 0 Å². The smallest absolute Gasteiger partial charge is 0.157 e. The van der Waals surface area contributed by atoms with E-state index < -0.39 is 0 Å². The molecule has 4 nitrogen and oxygen atoms in total. The number of nitrogen functional groups attached to an aromatic ring is 1. The van der Waals surface area contributed by atoms with Gasteiger partial charge in [-0.05, 0) is 25.0 Å². The number of nitrogens with two attached hydrogens (primary N) is 1. The summed E-state index contributed by atoms with van der Waals surface area (Å²) in [5.41, 5.74) is 6.69. The van der Waals surface area contributed by atoms with Gasteiger partial charge < -0.3 is 5.73 Å². The van der Waals surface area contributed by atoms with E-state index >= 15 is 0 Å². The molecule has 1 aliphatic rings. The largest absolute Gasteiger partial charge is 0.384 e. The molecule has 0 aliphatic heterocycles. The predicted molar refractivity (Wildman–Crippen MR) is 58.6 cm³/mol. The highest BCUT2D eigenvalue weighted by Crippen LogP contribution is 2.32. The van der Waals surface area contributed by atoms with Gasteiger partial charge in [0.25, 0.3) is 0 Å². The summed E-state index contributed by atoms with van der Waals surface area (Å²) in [6, 6.07) is 5.71. The molecule has 2 aromatic heterocycles. The van der Waals surface area contributed by atoms with E-state index in [1.807, 2.05) is 18.2 Å². The highest BCUT2D eigenvalue weighted by molar-refractivity contribution is 5.46. The van der Waals surface area contributed by atoms with Crippen molar-refractivity contribution in [1.29, 1.82) is 0 Å². The monoisotopic (exact) mass is 202 g/mol. The molecule has 4 heteroatoms. The average Bonchev–Trinajstić information content (AvgIpc) is 2.86. The molecule has 78 valence electrons. The van der Waals surface area contributed by atoms with Gasteiger partial charge in [-0.2, -0.15) is 4.52 Å². The summed E-state index contributed by atoms with van der Waals surface area (Å²) in [4.78, 5) is 4.53. The zero-order valence-electron chi connectivity index (χ0n) is 8.56. The lowest BCUT2D eigenvalue weighted by Gasteiger charge is -2.00. The van der Waals surface area contributed by atoms with Crippen LogP contribution in [0.3, 0.4) is 0 Å². The second-order valence-corrected chi connectivity index (χ2v) is 4.17. The van der Waals surface area contributed by atoms with Crippen molar-refractivity contribution >= 4 is 11.5 Å². The summed E-state index contributed by atoms with van der Waals surface area (Å²) in [6.45, 7) is 0. The molecule has 1 aliphatic carbocycles. The number of nitrogens with zero attached hydrogens (tertiary/aromatic N) is 3. The highest BCUT2D eigenvalue weighted by atomic mass is 15.3. The first-order valence-corrected chi connectivity index (χ1v) is 5.46. The topological polar surface area (TPSA) is 56.2 Å². The van der Waals surface area contributed by atoms with Crippen molar-refractivity contribution in [2.24, 2.45) is 0 Å². The molecule has 0 aromatic carbocycles. The van der Waals surface area contributed by atoms with Crippen molar-refractivity contribution in [3.63, 3.8) is 0 Å². The summed E-state index contributed by atoms with van der Waals surface area (Å²) < 4.78 is 1.73. The van der Waals surface area contributed by atoms with Gasteiger partial charge in [0.1, 0.15) is 5.82 Å². The van der Waals surface area contributed by atoms with Crippen LogP contribution in [0.1, 0.15) is 37.4 Å². The van der Waals surface area contributed by atoms with E-state index in [0.29, 0.717) is 11.7 Å². The van der Waals surface area contributed by atoms with Crippen LogP contribution in [0, 0.1) is 0 Å². The zero-order valence-corrected chi connectivity index (χ0v) is 8.56. The van der Waals surface area contributed by atoms with E-state index in [4.69, 9.17) is 5.73 Å². The van der Waals surface area contributed by atoms with Crippen molar-refractivity contribution in [3.8, 4) is 0 Å². The minimum Gasteiger partial charge on any atom is -0.384 e. The summed E-state index contributed by atoms with van der Waals surface area (Å²) >= 11 is 0. The van der Waals surface area contributed by atoms with Crippen LogP contribution in [0.2, 0.25) is 0 Å². The summed E-state index contributed by atoms with van der Waals surface area (Å²) in [6.07, 6.45) is 5.04. The lowest BCUT2D eigenvalue weighted by molar-refractivity contribution is 0.666. The quantitative estimate of drug-likeness (QED) is 0.769. The number of aromatic nitrogens is 3. The number of anilines is 1. The van der Waals surface area contributed by atoms with Gasteiger partial charge in [-0.15, -0.1) is 5.10 Å². The van der Waals surface area contributed by atoms with Gasteiger partial charge in [-0.3, -0.25) is 0 Å². The van der Waals surface area contributed by atoms with Crippen LogP contribution in [0.25, 0.3) is 5.65 Å². The Morgan fingerprint density at radius 1 is 1.27 bits per heavy atom. The molecular weight excluding hydrogens is 188 g/mol. The Hall–Kier alpha value is -1.58.